The van der Waals surface area contributed by atoms with Crippen molar-refractivity contribution < 1.29 is 4.79 Å². The number of nitrogens with zero attached hydrogens (tertiary/aromatic N) is 3. The summed E-state index contributed by atoms with van der Waals surface area (Å²) in [5.74, 6) is 0.973. The van der Waals surface area contributed by atoms with Gasteiger partial charge < -0.3 is 14.8 Å². The van der Waals surface area contributed by atoms with Gasteiger partial charge >= 0.3 is 0 Å². The number of aromatic nitrogens is 2. The first kappa shape index (κ1) is 13.9. The molecule has 0 bridgehead atoms. The van der Waals surface area contributed by atoms with Crippen LogP contribution in [0.3, 0.4) is 0 Å². The highest BCUT2D eigenvalue weighted by molar-refractivity contribution is 5.83. The van der Waals surface area contributed by atoms with Crippen molar-refractivity contribution in [2.75, 3.05) is 25.0 Å². The van der Waals surface area contributed by atoms with Crippen molar-refractivity contribution in [3.63, 3.8) is 0 Å². The van der Waals surface area contributed by atoms with E-state index >= 15 is 0 Å². The lowest BCUT2D eigenvalue weighted by Crippen LogP contribution is -2.37. The van der Waals surface area contributed by atoms with E-state index in [1.807, 2.05) is 40.7 Å². The minimum Gasteiger partial charge on any atom is -0.356 e. The molecule has 2 aromatic rings. The fourth-order valence-electron chi connectivity index (χ4n) is 2.91. The van der Waals surface area contributed by atoms with Crippen LogP contribution in [-0.2, 0) is 11.3 Å². The molecule has 5 heteroatoms. The molecule has 1 aliphatic heterocycles. The van der Waals surface area contributed by atoms with Crippen LogP contribution in [0.1, 0.15) is 26.2 Å². The Morgan fingerprint density at radius 3 is 2.76 bits per heavy atom. The van der Waals surface area contributed by atoms with E-state index in [1.165, 1.54) is 6.42 Å². The van der Waals surface area contributed by atoms with Crippen molar-refractivity contribution in [1.82, 2.24) is 14.5 Å². The molecule has 0 radical (unpaired) electrons. The fourth-order valence-corrected chi connectivity index (χ4v) is 2.91. The molecule has 0 aliphatic carbocycles. The van der Waals surface area contributed by atoms with Crippen molar-refractivity contribution >= 4 is 22.9 Å². The molecule has 1 saturated heterocycles. The van der Waals surface area contributed by atoms with Gasteiger partial charge in [0, 0.05) is 19.6 Å². The molecule has 1 aromatic heterocycles. The van der Waals surface area contributed by atoms with Crippen LogP contribution in [0.25, 0.3) is 11.0 Å². The molecule has 1 amide bonds. The standard InChI is InChI=1S/C16H22N4O/c1-2-17-16-18-13-8-4-5-9-14(13)20(16)12-15(21)19-10-6-3-7-11-19/h4-5,8-9H,2-3,6-7,10-12H2,1H3,(H,17,18). The molecule has 0 saturated carbocycles. The van der Waals surface area contributed by atoms with E-state index in [9.17, 15) is 4.79 Å². The number of benzene rings is 1. The number of para-hydroxylation sites is 2. The van der Waals surface area contributed by atoms with Crippen molar-refractivity contribution in [1.29, 1.82) is 0 Å². The summed E-state index contributed by atoms with van der Waals surface area (Å²) in [6.07, 6.45) is 3.48. The van der Waals surface area contributed by atoms with E-state index in [-0.39, 0.29) is 5.91 Å². The summed E-state index contributed by atoms with van der Waals surface area (Å²) < 4.78 is 2.00. The van der Waals surface area contributed by atoms with Crippen molar-refractivity contribution in [3.8, 4) is 0 Å². The molecule has 0 spiro atoms. The van der Waals surface area contributed by atoms with E-state index in [4.69, 9.17) is 0 Å². The molecule has 1 N–H and O–H groups in total. The molecule has 1 fully saturated rings. The van der Waals surface area contributed by atoms with Crippen LogP contribution >= 0.6 is 0 Å². The Labute approximate surface area is 125 Å². The van der Waals surface area contributed by atoms with Gasteiger partial charge in [0.1, 0.15) is 6.54 Å². The second kappa shape index (κ2) is 6.16. The quantitative estimate of drug-likeness (QED) is 0.939. The van der Waals surface area contributed by atoms with E-state index in [1.54, 1.807) is 0 Å². The molecule has 21 heavy (non-hydrogen) atoms. The molecule has 3 rings (SSSR count). The van der Waals surface area contributed by atoms with E-state index < -0.39 is 0 Å². The number of piperidine rings is 1. The third kappa shape index (κ3) is 2.86. The van der Waals surface area contributed by atoms with Crippen LogP contribution in [0.2, 0.25) is 0 Å². The Morgan fingerprint density at radius 1 is 1.24 bits per heavy atom. The number of carbonyl (C=O) groups excluding carboxylic acids is 1. The summed E-state index contributed by atoms with van der Waals surface area (Å²) in [5, 5.41) is 3.25. The number of hydrogen-bond acceptors (Lipinski definition) is 3. The van der Waals surface area contributed by atoms with Gasteiger partial charge in [-0.25, -0.2) is 4.98 Å². The maximum absolute atomic E-state index is 12.5. The first-order chi connectivity index (χ1) is 10.3. The van der Waals surface area contributed by atoms with Crippen molar-refractivity contribution in [2.45, 2.75) is 32.7 Å². The number of hydrogen-bond donors (Lipinski definition) is 1. The summed E-state index contributed by atoms with van der Waals surface area (Å²) in [6, 6.07) is 7.97. The van der Waals surface area contributed by atoms with Crippen LogP contribution in [0.15, 0.2) is 24.3 Å². The lowest BCUT2D eigenvalue weighted by Gasteiger charge is -2.27. The van der Waals surface area contributed by atoms with Crippen LogP contribution in [-0.4, -0.2) is 40.0 Å². The molecule has 2 heterocycles. The highest BCUT2D eigenvalue weighted by Crippen LogP contribution is 2.20. The van der Waals surface area contributed by atoms with Gasteiger partial charge in [0.15, 0.2) is 0 Å². The topological polar surface area (TPSA) is 50.2 Å². The zero-order valence-electron chi connectivity index (χ0n) is 12.5. The van der Waals surface area contributed by atoms with Crippen molar-refractivity contribution in [3.05, 3.63) is 24.3 Å². The number of carbonyl (C=O) groups is 1. The van der Waals surface area contributed by atoms with E-state index in [0.29, 0.717) is 6.54 Å². The molecule has 5 nitrogen and oxygen atoms in total. The predicted molar refractivity (Wildman–Crippen MR) is 84.3 cm³/mol. The number of fused-ring (bicyclic) bond motifs is 1. The Bertz CT molecular complexity index is 628. The molecular formula is C16H22N4O. The summed E-state index contributed by atoms with van der Waals surface area (Å²) >= 11 is 0. The highest BCUT2D eigenvalue weighted by Gasteiger charge is 2.19. The molecule has 0 unspecified atom stereocenters. The molecule has 1 aromatic carbocycles. The number of nitrogens with one attached hydrogen (secondary N) is 1. The van der Waals surface area contributed by atoms with Crippen LogP contribution in [0, 0.1) is 0 Å². The lowest BCUT2D eigenvalue weighted by atomic mass is 10.1. The van der Waals surface area contributed by atoms with Gasteiger partial charge in [0.05, 0.1) is 11.0 Å². The van der Waals surface area contributed by atoms with Crippen LogP contribution in [0.4, 0.5) is 5.95 Å². The monoisotopic (exact) mass is 286 g/mol. The second-order valence-electron chi connectivity index (χ2n) is 5.48. The van der Waals surface area contributed by atoms with Gasteiger partial charge in [-0.3, -0.25) is 4.79 Å². The highest BCUT2D eigenvalue weighted by atomic mass is 16.2. The normalized spacial score (nSPS) is 15.4. The Hall–Kier alpha value is -2.04. The zero-order chi connectivity index (χ0) is 14.7. The third-order valence-electron chi connectivity index (χ3n) is 3.99. The summed E-state index contributed by atoms with van der Waals surface area (Å²) in [7, 11) is 0. The maximum atomic E-state index is 12.5. The predicted octanol–water partition coefficient (Wildman–Crippen LogP) is 2.48. The minimum absolute atomic E-state index is 0.192. The molecule has 112 valence electrons. The average molecular weight is 286 g/mol. The van der Waals surface area contributed by atoms with Gasteiger partial charge in [-0.15, -0.1) is 0 Å². The average Bonchev–Trinajstić information content (AvgIpc) is 2.86. The van der Waals surface area contributed by atoms with Gasteiger partial charge in [-0.2, -0.15) is 0 Å². The lowest BCUT2D eigenvalue weighted by molar-refractivity contribution is -0.132. The second-order valence-corrected chi connectivity index (χ2v) is 5.48. The first-order valence-electron chi connectivity index (χ1n) is 7.76. The van der Waals surface area contributed by atoms with Crippen molar-refractivity contribution in [2.24, 2.45) is 0 Å². The van der Waals surface area contributed by atoms with E-state index in [0.717, 1.165) is 49.5 Å². The summed E-state index contributed by atoms with van der Waals surface area (Å²) in [4.78, 5) is 19.1. The fraction of sp³-hybridized carbons (Fsp3) is 0.500. The Kier molecular flexibility index (Phi) is 4.08. The maximum Gasteiger partial charge on any atom is 0.242 e. The van der Waals surface area contributed by atoms with Gasteiger partial charge in [0.25, 0.3) is 0 Å². The number of imidazole rings is 1. The van der Waals surface area contributed by atoms with Gasteiger partial charge in [-0.05, 0) is 38.3 Å². The number of anilines is 1. The molecule has 1 aliphatic rings. The third-order valence-corrected chi connectivity index (χ3v) is 3.99. The Balaban J connectivity index is 1.87. The smallest absolute Gasteiger partial charge is 0.242 e. The zero-order valence-corrected chi connectivity index (χ0v) is 12.5. The summed E-state index contributed by atoms with van der Waals surface area (Å²) in [6.45, 7) is 4.98. The van der Waals surface area contributed by atoms with Gasteiger partial charge in [0.2, 0.25) is 11.9 Å². The van der Waals surface area contributed by atoms with E-state index in [2.05, 4.69) is 10.3 Å². The van der Waals surface area contributed by atoms with Crippen LogP contribution in [0.5, 0.6) is 0 Å². The summed E-state index contributed by atoms with van der Waals surface area (Å²) in [5.41, 5.74) is 1.94. The van der Waals surface area contributed by atoms with Gasteiger partial charge in [-0.1, -0.05) is 12.1 Å². The Morgan fingerprint density at radius 2 is 2.00 bits per heavy atom. The first-order valence-corrected chi connectivity index (χ1v) is 7.76. The minimum atomic E-state index is 0.192. The number of amides is 1. The molecule has 0 atom stereocenters. The SMILES string of the molecule is CCNc1nc2ccccc2n1CC(=O)N1CCCCC1. The largest absolute Gasteiger partial charge is 0.356 e. The number of rotatable bonds is 4. The van der Waals surface area contributed by atoms with Crippen LogP contribution < -0.4 is 5.32 Å². The molecular weight excluding hydrogens is 264 g/mol. The number of likely N-dealkylation sites (tertiary alicyclic amines) is 1.